The Labute approximate surface area is 110 Å². The molecular formula is C13H17F2NO3. The number of nitrogens with zero attached hydrogens (tertiary/aromatic N) is 1. The number of aliphatic hydroxyl groups is 1. The largest absolute Gasteiger partial charge is 0.444 e. The van der Waals surface area contributed by atoms with E-state index in [1.54, 1.807) is 19.2 Å². The Hall–Kier alpha value is -1.40. The van der Waals surface area contributed by atoms with E-state index >= 15 is 0 Å². The number of alkyl halides is 2. The van der Waals surface area contributed by atoms with Crippen molar-refractivity contribution in [2.75, 3.05) is 25.2 Å². The lowest BCUT2D eigenvalue weighted by molar-refractivity contribution is -0.245. The summed E-state index contributed by atoms with van der Waals surface area (Å²) in [4.78, 5) is 1.25. The zero-order chi connectivity index (χ0) is 14.0. The van der Waals surface area contributed by atoms with Crippen molar-refractivity contribution in [1.29, 1.82) is 0 Å². The molecule has 1 N–H and O–H groups in total. The number of rotatable bonds is 4. The molecule has 19 heavy (non-hydrogen) atoms. The summed E-state index contributed by atoms with van der Waals surface area (Å²) in [5.74, 6) is 0.0818. The van der Waals surface area contributed by atoms with Crippen LogP contribution in [0.4, 0.5) is 14.5 Å². The molecule has 0 saturated heterocycles. The van der Waals surface area contributed by atoms with Crippen LogP contribution in [0.3, 0.4) is 0 Å². The maximum atomic E-state index is 13.6. The Morgan fingerprint density at radius 1 is 1.47 bits per heavy atom. The third kappa shape index (κ3) is 2.79. The summed E-state index contributed by atoms with van der Waals surface area (Å²) < 4.78 is 36.7. The fourth-order valence-electron chi connectivity index (χ4n) is 2.07. The Bertz CT molecular complexity index is 454. The molecule has 1 aliphatic rings. The van der Waals surface area contributed by atoms with Crippen LogP contribution in [-0.2, 0) is 4.74 Å². The van der Waals surface area contributed by atoms with Crippen LogP contribution in [0, 0.1) is 6.92 Å². The predicted octanol–water partition coefficient (Wildman–Crippen LogP) is 2.14. The first-order valence-corrected chi connectivity index (χ1v) is 6.07. The molecule has 1 heterocycles. The number of methoxy groups -OCH3 is 1. The number of halogens is 2. The van der Waals surface area contributed by atoms with Crippen LogP contribution in [0.15, 0.2) is 18.2 Å². The molecule has 106 valence electrons. The second-order valence-corrected chi connectivity index (χ2v) is 4.55. The van der Waals surface area contributed by atoms with E-state index in [0.29, 0.717) is 18.7 Å². The Morgan fingerprint density at radius 3 is 2.89 bits per heavy atom. The van der Waals surface area contributed by atoms with Crippen molar-refractivity contribution in [2.45, 2.75) is 25.7 Å². The van der Waals surface area contributed by atoms with Gasteiger partial charge in [-0.1, -0.05) is 6.07 Å². The molecule has 0 spiro atoms. The Balaban J connectivity index is 2.30. The highest BCUT2D eigenvalue weighted by atomic mass is 19.3. The smallest absolute Gasteiger partial charge is 0.427 e. The van der Waals surface area contributed by atoms with Crippen molar-refractivity contribution < 1.29 is 23.4 Å². The Morgan fingerprint density at radius 2 is 2.21 bits per heavy atom. The first-order chi connectivity index (χ1) is 8.95. The number of aliphatic hydroxyl groups excluding tert-OH is 1. The number of fused-ring (bicyclic) bond motifs is 1. The molecule has 0 aromatic heterocycles. The van der Waals surface area contributed by atoms with Crippen molar-refractivity contribution in [3.05, 3.63) is 23.8 Å². The number of aryl methyl sites for hydroxylation is 1. The maximum Gasteiger partial charge on any atom is 0.444 e. The summed E-state index contributed by atoms with van der Waals surface area (Å²) in [6, 6.07) is 4.91. The lowest BCUT2D eigenvalue weighted by Crippen LogP contribution is -2.54. The fraction of sp³-hybridized carbons (Fsp3) is 0.538. The summed E-state index contributed by atoms with van der Waals surface area (Å²) >= 11 is 0. The van der Waals surface area contributed by atoms with E-state index in [-0.39, 0.29) is 12.3 Å². The number of hydrogen-bond donors (Lipinski definition) is 1. The molecular weight excluding hydrogens is 256 g/mol. The zero-order valence-corrected chi connectivity index (χ0v) is 10.9. The highest BCUT2D eigenvalue weighted by Gasteiger charge is 2.49. The maximum absolute atomic E-state index is 13.6. The highest BCUT2D eigenvalue weighted by molar-refractivity contribution is 5.62. The van der Waals surface area contributed by atoms with Crippen LogP contribution in [0.5, 0.6) is 5.75 Å². The molecule has 0 fully saturated rings. The van der Waals surface area contributed by atoms with E-state index < -0.39 is 12.3 Å². The third-order valence-corrected chi connectivity index (χ3v) is 3.01. The van der Waals surface area contributed by atoms with Crippen LogP contribution in [0.2, 0.25) is 0 Å². The van der Waals surface area contributed by atoms with Crippen molar-refractivity contribution in [3.63, 3.8) is 0 Å². The van der Waals surface area contributed by atoms with Crippen molar-refractivity contribution in [1.82, 2.24) is 0 Å². The second-order valence-electron chi connectivity index (χ2n) is 4.55. The minimum Gasteiger partial charge on any atom is -0.427 e. The highest BCUT2D eigenvalue weighted by Crippen LogP contribution is 2.41. The van der Waals surface area contributed by atoms with E-state index in [2.05, 4.69) is 4.74 Å². The molecule has 6 heteroatoms. The topological polar surface area (TPSA) is 41.9 Å². The van der Waals surface area contributed by atoms with Crippen LogP contribution in [0.25, 0.3) is 0 Å². The molecule has 1 unspecified atom stereocenters. The molecule has 0 bridgehead atoms. The molecule has 1 aromatic carbocycles. The van der Waals surface area contributed by atoms with E-state index in [1.165, 1.54) is 11.0 Å². The Kier molecular flexibility index (Phi) is 3.91. The van der Waals surface area contributed by atoms with E-state index in [4.69, 9.17) is 4.74 Å². The van der Waals surface area contributed by atoms with Gasteiger partial charge in [-0.3, -0.25) is 0 Å². The number of ether oxygens (including phenoxy) is 2. The van der Waals surface area contributed by atoms with Gasteiger partial charge < -0.3 is 19.5 Å². The molecule has 0 amide bonds. The van der Waals surface area contributed by atoms with Gasteiger partial charge in [0.25, 0.3) is 0 Å². The van der Waals surface area contributed by atoms with Gasteiger partial charge >= 0.3 is 6.11 Å². The monoisotopic (exact) mass is 273 g/mol. The number of benzene rings is 1. The minimum atomic E-state index is -3.62. The quantitative estimate of drug-likeness (QED) is 0.853. The van der Waals surface area contributed by atoms with Crippen molar-refractivity contribution in [2.24, 2.45) is 0 Å². The van der Waals surface area contributed by atoms with Crippen molar-refractivity contribution >= 4 is 5.69 Å². The summed E-state index contributed by atoms with van der Waals surface area (Å²) in [6.45, 7) is 2.56. The summed E-state index contributed by atoms with van der Waals surface area (Å²) in [6.07, 6.45) is -5.06. The molecule has 1 atom stereocenters. The SMILES string of the molecule is COCCCN1c2cc(C)ccc2OC(F)(F)C1O. The van der Waals surface area contributed by atoms with Crippen LogP contribution >= 0.6 is 0 Å². The van der Waals surface area contributed by atoms with Crippen molar-refractivity contribution in [3.8, 4) is 5.75 Å². The van der Waals surface area contributed by atoms with Crippen LogP contribution in [-0.4, -0.2) is 37.7 Å². The molecule has 0 radical (unpaired) electrons. The third-order valence-electron chi connectivity index (χ3n) is 3.01. The van der Waals surface area contributed by atoms with Gasteiger partial charge in [-0.25, -0.2) is 0 Å². The average molecular weight is 273 g/mol. The lowest BCUT2D eigenvalue weighted by atomic mass is 10.1. The van der Waals surface area contributed by atoms with Gasteiger partial charge in [-0.15, -0.1) is 0 Å². The van der Waals surface area contributed by atoms with Gasteiger partial charge in [-0.2, -0.15) is 8.78 Å². The first kappa shape index (κ1) is 14.0. The standard InChI is InChI=1S/C13H17F2NO3/c1-9-4-5-11-10(8-9)16(6-3-7-18-2)12(17)13(14,15)19-11/h4-5,8,12,17H,3,6-7H2,1-2H3. The summed E-state index contributed by atoms with van der Waals surface area (Å²) in [5, 5.41) is 9.74. The molecule has 0 saturated carbocycles. The first-order valence-electron chi connectivity index (χ1n) is 6.07. The van der Waals surface area contributed by atoms with Crippen LogP contribution in [0.1, 0.15) is 12.0 Å². The number of hydrogen-bond acceptors (Lipinski definition) is 4. The average Bonchev–Trinajstić information content (AvgIpc) is 2.35. The molecule has 4 nitrogen and oxygen atoms in total. The minimum absolute atomic E-state index is 0.0818. The van der Waals surface area contributed by atoms with Gasteiger partial charge in [0.05, 0.1) is 5.69 Å². The van der Waals surface area contributed by atoms with Crippen LogP contribution < -0.4 is 9.64 Å². The van der Waals surface area contributed by atoms with Gasteiger partial charge in [-0.05, 0) is 31.0 Å². The van der Waals surface area contributed by atoms with E-state index in [9.17, 15) is 13.9 Å². The second kappa shape index (κ2) is 5.30. The molecule has 1 aliphatic heterocycles. The van der Waals surface area contributed by atoms with Gasteiger partial charge in [0, 0.05) is 20.3 Å². The predicted molar refractivity (Wildman–Crippen MR) is 66.6 cm³/mol. The van der Waals surface area contributed by atoms with E-state index in [0.717, 1.165) is 5.56 Å². The van der Waals surface area contributed by atoms with Gasteiger partial charge in [0.1, 0.15) is 5.75 Å². The normalized spacial score (nSPS) is 20.9. The molecule has 2 rings (SSSR count). The number of anilines is 1. The van der Waals surface area contributed by atoms with E-state index in [1.807, 2.05) is 6.92 Å². The molecule has 1 aromatic rings. The van der Waals surface area contributed by atoms with Gasteiger partial charge in [0.2, 0.25) is 6.23 Å². The summed E-state index contributed by atoms with van der Waals surface area (Å²) in [7, 11) is 1.54. The van der Waals surface area contributed by atoms with Gasteiger partial charge in [0.15, 0.2) is 0 Å². The molecule has 0 aliphatic carbocycles. The fourth-order valence-corrected chi connectivity index (χ4v) is 2.07. The summed E-state index contributed by atoms with van der Waals surface area (Å²) in [5.41, 5.74) is 1.39. The lowest BCUT2D eigenvalue weighted by Gasteiger charge is -2.39. The zero-order valence-electron chi connectivity index (χ0n) is 10.9.